The van der Waals surface area contributed by atoms with Gasteiger partial charge in [0.15, 0.2) is 0 Å². The van der Waals surface area contributed by atoms with Gasteiger partial charge in [-0.3, -0.25) is 0 Å². The van der Waals surface area contributed by atoms with Gasteiger partial charge in [0.2, 0.25) is 0 Å². The molecule has 0 unspecified atom stereocenters. The van der Waals surface area contributed by atoms with E-state index < -0.39 is 5.97 Å². The fourth-order valence-electron chi connectivity index (χ4n) is 2.15. The normalized spacial score (nSPS) is 15.4. The van der Waals surface area contributed by atoms with Gasteiger partial charge in [-0.25, -0.2) is 9.18 Å². The summed E-state index contributed by atoms with van der Waals surface area (Å²) in [5.74, 6) is -0.547. The molecule has 1 aromatic rings. The van der Waals surface area contributed by atoms with Gasteiger partial charge in [-0.1, -0.05) is 19.3 Å². The lowest BCUT2D eigenvalue weighted by atomic mass is 9.83. The largest absolute Gasteiger partial charge is 0.478 e. The van der Waals surface area contributed by atoms with E-state index in [0.717, 1.165) is 18.9 Å². The molecule has 3 nitrogen and oxygen atoms in total. The van der Waals surface area contributed by atoms with Gasteiger partial charge in [-0.05, 0) is 37.1 Å². The van der Waals surface area contributed by atoms with Crippen LogP contribution in [0.1, 0.15) is 41.6 Å². The van der Waals surface area contributed by atoms with Crippen LogP contribution in [0.5, 0.6) is 0 Å². The highest BCUT2D eigenvalue weighted by Gasteiger charge is 2.16. The van der Waals surface area contributed by atoms with Crippen molar-refractivity contribution >= 4 is 5.97 Å². The van der Waals surface area contributed by atoms with Gasteiger partial charge in [0.05, 0.1) is 5.56 Å². The molecule has 1 fully saturated rings. The second-order valence-corrected chi connectivity index (χ2v) is 4.87. The van der Waals surface area contributed by atoms with E-state index in [9.17, 15) is 9.18 Å². The number of carbonyl (C=O) groups is 1. The fourth-order valence-corrected chi connectivity index (χ4v) is 2.15. The Labute approximate surface area is 106 Å². The Morgan fingerprint density at radius 1 is 1.44 bits per heavy atom. The number of hydrogen-bond donors (Lipinski definition) is 2. The topological polar surface area (TPSA) is 49.3 Å². The second kappa shape index (κ2) is 5.96. The Balaban J connectivity index is 1.83. The number of aromatic carboxylic acids is 1. The molecule has 0 aliphatic heterocycles. The monoisotopic (exact) mass is 251 g/mol. The van der Waals surface area contributed by atoms with Gasteiger partial charge in [-0.15, -0.1) is 0 Å². The van der Waals surface area contributed by atoms with Crippen molar-refractivity contribution < 1.29 is 14.3 Å². The Morgan fingerprint density at radius 2 is 2.22 bits per heavy atom. The summed E-state index contributed by atoms with van der Waals surface area (Å²) < 4.78 is 13.5. The van der Waals surface area contributed by atoms with Crippen molar-refractivity contribution in [3.8, 4) is 0 Å². The highest BCUT2D eigenvalue weighted by atomic mass is 19.1. The molecule has 1 saturated carbocycles. The van der Waals surface area contributed by atoms with Gasteiger partial charge < -0.3 is 10.4 Å². The Hall–Kier alpha value is -1.42. The van der Waals surface area contributed by atoms with Crippen molar-refractivity contribution in [3.05, 3.63) is 35.1 Å². The molecule has 0 atom stereocenters. The third-order valence-electron chi connectivity index (χ3n) is 3.56. The number of halogens is 1. The van der Waals surface area contributed by atoms with Crippen LogP contribution in [-0.2, 0) is 6.54 Å². The Bertz CT molecular complexity index is 430. The first-order valence-corrected chi connectivity index (χ1v) is 6.39. The zero-order valence-corrected chi connectivity index (χ0v) is 10.3. The van der Waals surface area contributed by atoms with Gasteiger partial charge in [-0.2, -0.15) is 0 Å². The van der Waals surface area contributed by atoms with Crippen LogP contribution in [0, 0.1) is 11.7 Å². The molecule has 0 aromatic heterocycles. The van der Waals surface area contributed by atoms with E-state index in [1.54, 1.807) is 0 Å². The molecule has 1 aromatic carbocycles. The van der Waals surface area contributed by atoms with Gasteiger partial charge >= 0.3 is 5.97 Å². The molecule has 98 valence electrons. The highest BCUT2D eigenvalue weighted by Crippen LogP contribution is 2.28. The van der Waals surface area contributed by atoms with Gasteiger partial charge in [0.25, 0.3) is 0 Å². The van der Waals surface area contributed by atoms with Crippen LogP contribution in [0.4, 0.5) is 4.39 Å². The number of rotatable bonds is 6. The van der Waals surface area contributed by atoms with Gasteiger partial charge in [0, 0.05) is 12.1 Å². The highest BCUT2D eigenvalue weighted by molar-refractivity contribution is 5.87. The van der Waals surface area contributed by atoms with Crippen LogP contribution in [0.2, 0.25) is 0 Å². The molecule has 0 heterocycles. The lowest BCUT2D eigenvalue weighted by Crippen LogP contribution is -2.21. The molecule has 1 aliphatic carbocycles. The van der Waals surface area contributed by atoms with E-state index in [1.165, 1.54) is 37.5 Å². The molecule has 4 heteroatoms. The van der Waals surface area contributed by atoms with Crippen LogP contribution < -0.4 is 5.32 Å². The molecule has 0 bridgehead atoms. The molecule has 0 saturated heterocycles. The lowest BCUT2D eigenvalue weighted by Gasteiger charge is -2.25. The van der Waals surface area contributed by atoms with Gasteiger partial charge in [0.1, 0.15) is 5.82 Å². The average Bonchev–Trinajstić information content (AvgIpc) is 2.28. The summed E-state index contributed by atoms with van der Waals surface area (Å²) in [6.07, 6.45) is 5.08. The summed E-state index contributed by atoms with van der Waals surface area (Å²) >= 11 is 0. The molecular formula is C14H18FNO2. The van der Waals surface area contributed by atoms with E-state index in [4.69, 9.17) is 5.11 Å². The number of nitrogens with one attached hydrogen (secondary N) is 1. The van der Waals surface area contributed by atoms with Crippen molar-refractivity contribution in [2.24, 2.45) is 5.92 Å². The van der Waals surface area contributed by atoms with Crippen molar-refractivity contribution in [2.75, 3.05) is 6.54 Å². The Kier molecular flexibility index (Phi) is 4.31. The maximum atomic E-state index is 13.5. The molecule has 1 aliphatic rings. The molecule has 0 spiro atoms. The summed E-state index contributed by atoms with van der Waals surface area (Å²) in [6, 6.07) is 3.90. The molecular weight excluding hydrogens is 233 g/mol. The first-order chi connectivity index (χ1) is 8.66. The first kappa shape index (κ1) is 13.0. The predicted octanol–water partition coefficient (Wildman–Crippen LogP) is 2.80. The fraction of sp³-hybridized carbons (Fsp3) is 0.500. The minimum Gasteiger partial charge on any atom is -0.478 e. The van der Waals surface area contributed by atoms with Crippen molar-refractivity contribution in [1.29, 1.82) is 0 Å². The molecule has 0 amide bonds. The number of carboxylic acid groups (broad SMARTS) is 1. The lowest BCUT2D eigenvalue weighted by molar-refractivity contribution is 0.0696. The number of benzene rings is 1. The van der Waals surface area contributed by atoms with E-state index in [1.807, 2.05) is 0 Å². The third-order valence-corrected chi connectivity index (χ3v) is 3.56. The van der Waals surface area contributed by atoms with Crippen molar-refractivity contribution in [2.45, 2.75) is 32.2 Å². The summed E-state index contributed by atoms with van der Waals surface area (Å²) in [6.45, 7) is 1.25. The van der Waals surface area contributed by atoms with Crippen LogP contribution in [0.25, 0.3) is 0 Å². The van der Waals surface area contributed by atoms with Crippen LogP contribution in [-0.4, -0.2) is 17.6 Å². The van der Waals surface area contributed by atoms with Crippen LogP contribution in [0.15, 0.2) is 18.2 Å². The van der Waals surface area contributed by atoms with Crippen molar-refractivity contribution in [1.82, 2.24) is 5.32 Å². The van der Waals surface area contributed by atoms with E-state index in [-0.39, 0.29) is 11.4 Å². The standard InChI is InChI=1S/C14H18FNO2/c15-13-5-4-11(14(17)18)8-12(13)9-16-7-6-10-2-1-3-10/h4-5,8,10,16H,1-3,6-7,9H2,(H,17,18). The SMILES string of the molecule is O=C(O)c1ccc(F)c(CNCCC2CCC2)c1. The maximum Gasteiger partial charge on any atom is 0.335 e. The quantitative estimate of drug-likeness (QED) is 0.764. The Morgan fingerprint density at radius 3 is 2.83 bits per heavy atom. The number of hydrogen-bond acceptors (Lipinski definition) is 2. The molecule has 2 rings (SSSR count). The first-order valence-electron chi connectivity index (χ1n) is 6.39. The molecule has 0 radical (unpaired) electrons. The smallest absolute Gasteiger partial charge is 0.335 e. The zero-order valence-electron chi connectivity index (χ0n) is 10.3. The second-order valence-electron chi connectivity index (χ2n) is 4.87. The van der Waals surface area contributed by atoms with E-state index in [2.05, 4.69) is 5.32 Å². The minimum absolute atomic E-state index is 0.132. The molecule has 2 N–H and O–H groups in total. The summed E-state index contributed by atoms with van der Waals surface area (Å²) in [5, 5.41) is 12.0. The molecule has 18 heavy (non-hydrogen) atoms. The third kappa shape index (κ3) is 3.29. The number of carboxylic acids is 1. The summed E-state index contributed by atoms with van der Waals surface area (Å²) in [7, 11) is 0. The maximum absolute atomic E-state index is 13.5. The van der Waals surface area contributed by atoms with E-state index in [0.29, 0.717) is 12.1 Å². The van der Waals surface area contributed by atoms with Crippen LogP contribution >= 0.6 is 0 Å². The zero-order chi connectivity index (χ0) is 13.0. The van der Waals surface area contributed by atoms with Crippen molar-refractivity contribution in [3.63, 3.8) is 0 Å². The van der Waals surface area contributed by atoms with Crippen LogP contribution in [0.3, 0.4) is 0 Å². The summed E-state index contributed by atoms with van der Waals surface area (Å²) in [4.78, 5) is 10.8. The minimum atomic E-state index is -1.02. The average molecular weight is 251 g/mol. The summed E-state index contributed by atoms with van der Waals surface area (Å²) in [5.41, 5.74) is 0.552. The van der Waals surface area contributed by atoms with E-state index >= 15 is 0 Å². The predicted molar refractivity (Wildman–Crippen MR) is 67.0 cm³/mol.